The zero-order chi connectivity index (χ0) is 25.2. The van der Waals surface area contributed by atoms with Crippen molar-refractivity contribution in [3.63, 3.8) is 0 Å². The summed E-state index contributed by atoms with van der Waals surface area (Å²) in [5.41, 5.74) is 5.34. The molecule has 1 unspecified atom stereocenters. The molecule has 1 aromatic carbocycles. The summed E-state index contributed by atoms with van der Waals surface area (Å²) in [7, 11) is 0. The second-order valence-corrected chi connectivity index (χ2v) is 9.49. The molecule has 5 heterocycles. The third-order valence-electron chi connectivity index (χ3n) is 6.56. The number of halogens is 1. The molecule has 0 aliphatic carbocycles. The number of likely N-dealkylation sites (tertiary alicyclic amines) is 1. The van der Waals surface area contributed by atoms with Crippen LogP contribution in [0, 0.1) is 0 Å². The number of hydrogen-bond donors (Lipinski definition) is 3. The van der Waals surface area contributed by atoms with Gasteiger partial charge in [0.25, 0.3) is 0 Å². The number of benzene rings is 1. The maximum Gasteiger partial charge on any atom is 0.321 e. The Morgan fingerprint density at radius 3 is 2.84 bits per heavy atom. The number of fused-ring (bicyclic) bond motifs is 6. The first-order valence-corrected chi connectivity index (χ1v) is 12.4. The molecule has 3 aromatic heterocycles. The Morgan fingerprint density at radius 2 is 1.95 bits per heavy atom. The fourth-order valence-corrected chi connectivity index (χ4v) is 4.79. The molecule has 6 rings (SSSR count). The van der Waals surface area contributed by atoms with Gasteiger partial charge in [0.2, 0.25) is 5.95 Å². The number of hydrogen-bond acceptors (Lipinski definition) is 8. The maximum atomic E-state index is 13.2. The lowest BCUT2D eigenvalue weighted by molar-refractivity contribution is 0.222. The van der Waals surface area contributed by atoms with E-state index in [0.29, 0.717) is 36.3 Å². The van der Waals surface area contributed by atoms with Crippen LogP contribution in [0.1, 0.15) is 29.2 Å². The Bertz CT molecular complexity index is 1450. The Labute approximate surface area is 218 Å². The molecule has 0 saturated carbocycles. The predicted molar refractivity (Wildman–Crippen MR) is 142 cm³/mol. The topological polar surface area (TPSA) is 121 Å². The number of aromatic nitrogens is 5. The summed E-state index contributed by atoms with van der Waals surface area (Å²) in [5.74, 6) is 1.09. The van der Waals surface area contributed by atoms with Gasteiger partial charge < -0.3 is 20.9 Å². The molecular formula is C26H24ClN9O. The number of pyridine rings is 1. The fourth-order valence-electron chi connectivity index (χ4n) is 4.65. The minimum Gasteiger partial charge on any atom is -0.339 e. The van der Waals surface area contributed by atoms with Crippen LogP contribution in [0.3, 0.4) is 0 Å². The van der Waals surface area contributed by atoms with Crippen molar-refractivity contribution in [2.24, 2.45) is 0 Å². The SMILES string of the molecule is O=C(Nc1ccc2cc1CCc1cncc(c1)Nc1ncc(Cl)c(n1)N2)N1CCC(c2cnccn2)C1. The van der Waals surface area contributed by atoms with E-state index in [2.05, 4.69) is 40.9 Å². The van der Waals surface area contributed by atoms with Crippen LogP contribution in [-0.4, -0.2) is 48.9 Å². The summed E-state index contributed by atoms with van der Waals surface area (Å²) < 4.78 is 0. The molecule has 3 N–H and O–H groups in total. The summed E-state index contributed by atoms with van der Waals surface area (Å²) >= 11 is 6.36. The van der Waals surface area contributed by atoms with Crippen molar-refractivity contribution in [3.05, 3.63) is 83.3 Å². The largest absolute Gasteiger partial charge is 0.339 e. The van der Waals surface area contributed by atoms with Crippen molar-refractivity contribution in [1.29, 1.82) is 0 Å². The van der Waals surface area contributed by atoms with E-state index in [1.165, 1.54) is 0 Å². The average Bonchev–Trinajstić information content (AvgIpc) is 3.42. The third-order valence-corrected chi connectivity index (χ3v) is 6.84. The van der Waals surface area contributed by atoms with Crippen LogP contribution in [0.2, 0.25) is 5.02 Å². The first kappa shape index (κ1) is 23.1. The minimum absolute atomic E-state index is 0.123. The van der Waals surface area contributed by atoms with Gasteiger partial charge in [-0.15, -0.1) is 0 Å². The summed E-state index contributed by atoms with van der Waals surface area (Å²) in [6.07, 6.45) is 12.6. The number of carbonyl (C=O) groups is 1. The molecule has 2 amide bonds. The average molecular weight is 514 g/mol. The Kier molecular flexibility index (Phi) is 6.23. The van der Waals surface area contributed by atoms with Crippen molar-refractivity contribution in [1.82, 2.24) is 29.8 Å². The van der Waals surface area contributed by atoms with E-state index < -0.39 is 0 Å². The van der Waals surface area contributed by atoms with Crippen LogP contribution >= 0.6 is 11.6 Å². The zero-order valence-corrected chi connectivity index (χ0v) is 20.6. The molecule has 4 aromatic rings. The van der Waals surface area contributed by atoms with Crippen LogP contribution < -0.4 is 16.0 Å². The van der Waals surface area contributed by atoms with Crippen LogP contribution in [0.15, 0.2) is 61.4 Å². The predicted octanol–water partition coefficient (Wildman–Crippen LogP) is 4.92. The van der Waals surface area contributed by atoms with E-state index in [1.807, 2.05) is 35.4 Å². The lowest BCUT2D eigenvalue weighted by atomic mass is 10.0. The second-order valence-electron chi connectivity index (χ2n) is 9.09. The second kappa shape index (κ2) is 9.98. The molecule has 6 bridgehead atoms. The van der Waals surface area contributed by atoms with Gasteiger partial charge in [-0.25, -0.2) is 9.78 Å². The van der Waals surface area contributed by atoms with Crippen molar-refractivity contribution >= 4 is 46.5 Å². The number of nitrogens with zero attached hydrogens (tertiary/aromatic N) is 6. The molecule has 2 aliphatic heterocycles. The molecule has 37 heavy (non-hydrogen) atoms. The summed E-state index contributed by atoms with van der Waals surface area (Å²) in [5, 5.41) is 10.00. The van der Waals surface area contributed by atoms with Crippen molar-refractivity contribution in [2.75, 3.05) is 29.0 Å². The molecule has 1 fully saturated rings. The highest BCUT2D eigenvalue weighted by atomic mass is 35.5. The van der Waals surface area contributed by atoms with Gasteiger partial charge in [-0.3, -0.25) is 15.0 Å². The number of carbonyl (C=O) groups excluding carboxylic acids is 1. The molecule has 0 spiro atoms. The van der Waals surface area contributed by atoms with Crippen molar-refractivity contribution < 1.29 is 4.79 Å². The first-order chi connectivity index (χ1) is 18.1. The summed E-state index contributed by atoms with van der Waals surface area (Å²) in [4.78, 5) is 36.8. The number of anilines is 5. The number of rotatable bonds is 2. The number of aryl methyl sites for hydroxylation is 2. The van der Waals surface area contributed by atoms with Gasteiger partial charge in [-0.05, 0) is 54.7 Å². The normalized spacial score (nSPS) is 16.5. The van der Waals surface area contributed by atoms with Crippen LogP contribution in [0.4, 0.5) is 33.6 Å². The van der Waals surface area contributed by atoms with Gasteiger partial charge in [0.1, 0.15) is 5.02 Å². The zero-order valence-electron chi connectivity index (χ0n) is 19.9. The Balaban J connectivity index is 1.26. The lowest BCUT2D eigenvalue weighted by Crippen LogP contribution is -2.33. The van der Waals surface area contributed by atoms with Crippen LogP contribution in [-0.2, 0) is 12.8 Å². The quantitative estimate of drug-likeness (QED) is 0.345. The molecular weight excluding hydrogens is 490 g/mol. The minimum atomic E-state index is -0.123. The lowest BCUT2D eigenvalue weighted by Gasteiger charge is -2.20. The van der Waals surface area contributed by atoms with Gasteiger partial charge in [-0.2, -0.15) is 4.98 Å². The Hall–Kier alpha value is -4.31. The van der Waals surface area contributed by atoms with Crippen molar-refractivity contribution in [2.45, 2.75) is 25.2 Å². The molecule has 186 valence electrons. The van der Waals surface area contributed by atoms with E-state index in [0.717, 1.165) is 46.7 Å². The number of amides is 2. The molecule has 1 atom stereocenters. The van der Waals surface area contributed by atoms with Crippen molar-refractivity contribution in [3.8, 4) is 0 Å². The monoisotopic (exact) mass is 513 g/mol. The third kappa shape index (κ3) is 5.14. The smallest absolute Gasteiger partial charge is 0.321 e. The van der Waals surface area contributed by atoms with E-state index in [-0.39, 0.29) is 11.9 Å². The highest BCUT2D eigenvalue weighted by molar-refractivity contribution is 6.32. The standard InChI is InChI=1S/C26H24ClN9O/c27-21-13-31-25-33-20-9-16(11-29-12-20)1-2-17-10-19(32-24(21)35-25)3-4-22(17)34-26(37)36-8-5-18(15-36)23-14-28-6-7-30-23/h3-4,6-7,9-14,18H,1-2,5,8,15H2,(H,34,37)(H2,31,32,33,35). The van der Waals surface area contributed by atoms with Gasteiger partial charge in [0.15, 0.2) is 5.82 Å². The maximum absolute atomic E-state index is 13.2. The van der Waals surface area contributed by atoms with Crippen LogP contribution in [0.5, 0.6) is 0 Å². The van der Waals surface area contributed by atoms with E-state index in [1.54, 1.807) is 31.0 Å². The molecule has 2 aliphatic rings. The summed E-state index contributed by atoms with van der Waals surface area (Å²) in [6, 6.07) is 7.73. The van der Waals surface area contributed by atoms with Gasteiger partial charge in [0.05, 0.1) is 23.8 Å². The highest BCUT2D eigenvalue weighted by Crippen LogP contribution is 2.30. The van der Waals surface area contributed by atoms with E-state index >= 15 is 0 Å². The molecule has 10 nitrogen and oxygen atoms in total. The number of urea groups is 1. The molecule has 0 radical (unpaired) electrons. The molecule has 11 heteroatoms. The number of nitrogens with one attached hydrogen (secondary N) is 3. The van der Waals surface area contributed by atoms with E-state index in [9.17, 15) is 4.79 Å². The van der Waals surface area contributed by atoms with Crippen LogP contribution in [0.25, 0.3) is 0 Å². The fraction of sp³-hybridized carbons (Fsp3) is 0.231. The first-order valence-electron chi connectivity index (χ1n) is 12.1. The highest BCUT2D eigenvalue weighted by Gasteiger charge is 2.28. The van der Waals surface area contributed by atoms with E-state index in [4.69, 9.17) is 11.6 Å². The Morgan fingerprint density at radius 1 is 1.00 bits per heavy atom. The van der Waals surface area contributed by atoms with Gasteiger partial charge in [-0.1, -0.05) is 11.6 Å². The van der Waals surface area contributed by atoms with Gasteiger partial charge >= 0.3 is 6.03 Å². The summed E-state index contributed by atoms with van der Waals surface area (Å²) in [6.45, 7) is 1.28. The van der Waals surface area contributed by atoms with Gasteiger partial charge in [0, 0.05) is 55.2 Å². The molecule has 1 saturated heterocycles.